The minimum absolute atomic E-state index is 0.681. The topological polar surface area (TPSA) is 21.3 Å². The summed E-state index contributed by atoms with van der Waals surface area (Å²) in [6.45, 7) is 5.27. The molecule has 0 bridgehead atoms. The summed E-state index contributed by atoms with van der Waals surface area (Å²) >= 11 is 3.64. The molecule has 2 nitrogen and oxygen atoms in total. The van der Waals surface area contributed by atoms with Crippen molar-refractivity contribution in [1.82, 2.24) is 5.32 Å². The van der Waals surface area contributed by atoms with Gasteiger partial charge < -0.3 is 10.1 Å². The fourth-order valence-corrected chi connectivity index (χ4v) is 2.70. The van der Waals surface area contributed by atoms with Gasteiger partial charge in [0.1, 0.15) is 0 Å². The average molecular weight is 328 g/mol. The molecule has 1 aromatic rings. The van der Waals surface area contributed by atoms with Gasteiger partial charge >= 0.3 is 0 Å². The second kappa shape index (κ2) is 10.4. The van der Waals surface area contributed by atoms with Gasteiger partial charge in [-0.1, -0.05) is 41.1 Å². The molecule has 0 aromatic heterocycles. The van der Waals surface area contributed by atoms with Gasteiger partial charge in [0.25, 0.3) is 0 Å². The lowest BCUT2D eigenvalue weighted by Crippen LogP contribution is -2.25. The van der Waals surface area contributed by atoms with E-state index >= 15 is 0 Å². The maximum Gasteiger partial charge on any atom is 0.0462 e. The van der Waals surface area contributed by atoms with Crippen molar-refractivity contribution in [2.24, 2.45) is 5.92 Å². The van der Waals surface area contributed by atoms with E-state index < -0.39 is 0 Å². The molecule has 0 radical (unpaired) electrons. The lowest BCUT2D eigenvalue weighted by molar-refractivity contribution is 0.186. The highest BCUT2D eigenvalue weighted by atomic mass is 79.9. The Labute approximate surface area is 126 Å². The molecular formula is C16H26BrNO. The van der Waals surface area contributed by atoms with Crippen molar-refractivity contribution < 1.29 is 4.74 Å². The molecule has 0 fully saturated rings. The number of benzene rings is 1. The number of rotatable bonds is 10. The highest BCUT2D eigenvalue weighted by Crippen LogP contribution is 2.21. The summed E-state index contributed by atoms with van der Waals surface area (Å²) in [5.41, 5.74) is 1.41. The maximum atomic E-state index is 5.16. The van der Waals surface area contributed by atoms with Crippen LogP contribution >= 0.6 is 15.9 Å². The molecule has 108 valence electrons. The summed E-state index contributed by atoms with van der Waals surface area (Å²) < 4.78 is 6.39. The lowest BCUT2D eigenvalue weighted by atomic mass is 9.94. The third kappa shape index (κ3) is 7.09. The second-order valence-corrected chi connectivity index (χ2v) is 5.86. The minimum Gasteiger partial charge on any atom is -0.385 e. The van der Waals surface area contributed by atoms with E-state index in [1.165, 1.54) is 22.9 Å². The van der Waals surface area contributed by atoms with E-state index in [0.29, 0.717) is 5.92 Å². The van der Waals surface area contributed by atoms with Crippen LogP contribution in [0.2, 0.25) is 0 Å². The predicted octanol–water partition coefficient (Wildman–Crippen LogP) is 4.03. The molecule has 0 saturated carbocycles. The Kier molecular flexibility index (Phi) is 9.14. The Morgan fingerprint density at radius 1 is 1.32 bits per heavy atom. The number of hydrogen-bond donors (Lipinski definition) is 1. The zero-order valence-corrected chi connectivity index (χ0v) is 13.7. The summed E-state index contributed by atoms with van der Waals surface area (Å²) in [5, 5.41) is 3.55. The molecule has 19 heavy (non-hydrogen) atoms. The van der Waals surface area contributed by atoms with Crippen molar-refractivity contribution in [3.63, 3.8) is 0 Å². The Balaban J connectivity index is 2.49. The summed E-state index contributed by atoms with van der Waals surface area (Å²) in [6.07, 6.45) is 4.67. The highest BCUT2D eigenvalue weighted by molar-refractivity contribution is 9.10. The molecule has 0 aliphatic carbocycles. The molecule has 0 saturated heterocycles. The summed E-state index contributed by atoms with van der Waals surface area (Å²) in [4.78, 5) is 0. The van der Waals surface area contributed by atoms with E-state index in [1.54, 1.807) is 7.11 Å². The Morgan fingerprint density at radius 3 is 2.79 bits per heavy atom. The number of methoxy groups -OCH3 is 1. The normalized spacial score (nSPS) is 12.6. The van der Waals surface area contributed by atoms with Crippen LogP contribution in [0.25, 0.3) is 0 Å². The summed E-state index contributed by atoms with van der Waals surface area (Å²) in [6, 6.07) is 8.53. The maximum absolute atomic E-state index is 5.16. The SMILES string of the molecule is CCCNCC(CCCOC)Cc1ccccc1Br. The largest absolute Gasteiger partial charge is 0.385 e. The first-order valence-electron chi connectivity index (χ1n) is 7.21. The van der Waals surface area contributed by atoms with Gasteiger partial charge in [0.2, 0.25) is 0 Å². The van der Waals surface area contributed by atoms with Crippen LogP contribution in [0.5, 0.6) is 0 Å². The molecule has 1 rings (SSSR count). The Morgan fingerprint density at radius 2 is 2.11 bits per heavy atom. The summed E-state index contributed by atoms with van der Waals surface area (Å²) in [5.74, 6) is 0.681. The number of ether oxygens (including phenoxy) is 1. The minimum atomic E-state index is 0.681. The van der Waals surface area contributed by atoms with Crippen LogP contribution in [0.3, 0.4) is 0 Å². The van der Waals surface area contributed by atoms with Crippen LogP contribution in [0.15, 0.2) is 28.7 Å². The highest BCUT2D eigenvalue weighted by Gasteiger charge is 2.11. The van der Waals surface area contributed by atoms with Gasteiger partial charge in [0.15, 0.2) is 0 Å². The van der Waals surface area contributed by atoms with Crippen LogP contribution < -0.4 is 5.32 Å². The first kappa shape index (κ1) is 16.7. The van der Waals surface area contributed by atoms with Crippen LogP contribution in [0, 0.1) is 5.92 Å². The number of nitrogens with one attached hydrogen (secondary N) is 1. The molecule has 1 N–H and O–H groups in total. The van der Waals surface area contributed by atoms with Crippen LogP contribution in [-0.2, 0) is 11.2 Å². The van der Waals surface area contributed by atoms with Gasteiger partial charge in [-0.3, -0.25) is 0 Å². The standard InChI is InChI=1S/C16H26BrNO/c1-3-10-18-13-14(7-6-11-19-2)12-15-8-4-5-9-16(15)17/h4-5,8-9,14,18H,3,6-7,10-13H2,1-2H3. The zero-order valence-electron chi connectivity index (χ0n) is 12.1. The van der Waals surface area contributed by atoms with Crippen molar-refractivity contribution in [2.45, 2.75) is 32.6 Å². The third-order valence-corrected chi connectivity index (χ3v) is 4.06. The fourth-order valence-electron chi connectivity index (χ4n) is 2.25. The molecule has 1 atom stereocenters. The third-order valence-electron chi connectivity index (χ3n) is 3.29. The van der Waals surface area contributed by atoms with Crippen LogP contribution in [0.4, 0.5) is 0 Å². The lowest BCUT2D eigenvalue weighted by Gasteiger charge is -2.18. The molecule has 3 heteroatoms. The van der Waals surface area contributed by atoms with E-state index in [-0.39, 0.29) is 0 Å². The van der Waals surface area contributed by atoms with Crippen LogP contribution in [0.1, 0.15) is 31.7 Å². The van der Waals surface area contributed by atoms with Gasteiger partial charge in [-0.05, 0) is 56.3 Å². The van der Waals surface area contributed by atoms with Gasteiger partial charge in [0, 0.05) is 18.2 Å². The van der Waals surface area contributed by atoms with Crippen molar-refractivity contribution >= 4 is 15.9 Å². The van der Waals surface area contributed by atoms with E-state index in [9.17, 15) is 0 Å². The fraction of sp³-hybridized carbons (Fsp3) is 0.625. The Bertz CT molecular complexity index is 333. The average Bonchev–Trinajstić information content (AvgIpc) is 2.41. The number of hydrogen-bond acceptors (Lipinski definition) is 2. The monoisotopic (exact) mass is 327 g/mol. The first-order chi connectivity index (χ1) is 9.27. The Hall–Kier alpha value is -0.380. The van der Waals surface area contributed by atoms with E-state index in [1.807, 2.05) is 0 Å². The van der Waals surface area contributed by atoms with Gasteiger partial charge in [-0.25, -0.2) is 0 Å². The molecule has 0 aliphatic heterocycles. The zero-order chi connectivity index (χ0) is 13.9. The van der Waals surface area contributed by atoms with Gasteiger partial charge in [0.05, 0.1) is 0 Å². The molecule has 1 unspecified atom stereocenters. The molecule has 0 spiro atoms. The van der Waals surface area contributed by atoms with E-state index in [0.717, 1.165) is 32.5 Å². The molecular weight excluding hydrogens is 302 g/mol. The second-order valence-electron chi connectivity index (χ2n) is 5.00. The van der Waals surface area contributed by atoms with Crippen LogP contribution in [-0.4, -0.2) is 26.8 Å². The summed E-state index contributed by atoms with van der Waals surface area (Å²) in [7, 11) is 1.78. The van der Waals surface area contributed by atoms with Crippen molar-refractivity contribution in [3.8, 4) is 0 Å². The van der Waals surface area contributed by atoms with Gasteiger partial charge in [-0.15, -0.1) is 0 Å². The van der Waals surface area contributed by atoms with Crippen molar-refractivity contribution in [3.05, 3.63) is 34.3 Å². The quantitative estimate of drug-likeness (QED) is 0.655. The van der Waals surface area contributed by atoms with Gasteiger partial charge in [-0.2, -0.15) is 0 Å². The van der Waals surface area contributed by atoms with E-state index in [2.05, 4.69) is 52.4 Å². The molecule has 0 aliphatic rings. The molecule has 0 heterocycles. The van der Waals surface area contributed by atoms with E-state index in [4.69, 9.17) is 4.74 Å². The predicted molar refractivity (Wildman–Crippen MR) is 85.6 cm³/mol. The number of halogens is 1. The van der Waals surface area contributed by atoms with Crippen molar-refractivity contribution in [2.75, 3.05) is 26.8 Å². The van der Waals surface area contributed by atoms with Crippen molar-refractivity contribution in [1.29, 1.82) is 0 Å². The molecule has 0 amide bonds. The smallest absolute Gasteiger partial charge is 0.0462 e. The first-order valence-corrected chi connectivity index (χ1v) is 8.00. The molecule has 1 aromatic carbocycles.